The fourth-order valence-electron chi connectivity index (χ4n) is 1.56. The summed E-state index contributed by atoms with van der Waals surface area (Å²) in [6.07, 6.45) is -5.07. The molecule has 0 spiro atoms. The SMILES string of the molecule is CCOC(=O)C(F)(F)[C@H](N)c1cccc(C(F)(F)F)c1F.Cl. The molecule has 0 fully saturated rings. The van der Waals surface area contributed by atoms with Crippen LogP contribution in [-0.4, -0.2) is 18.5 Å². The van der Waals surface area contributed by atoms with Gasteiger partial charge < -0.3 is 10.5 Å². The average molecular weight is 352 g/mol. The highest BCUT2D eigenvalue weighted by atomic mass is 35.5. The summed E-state index contributed by atoms with van der Waals surface area (Å²) >= 11 is 0. The third-order valence-corrected chi connectivity index (χ3v) is 2.61. The highest BCUT2D eigenvalue weighted by Crippen LogP contribution is 2.37. The summed E-state index contributed by atoms with van der Waals surface area (Å²) in [5.74, 6) is -8.34. The number of rotatable bonds is 4. The Morgan fingerprint density at radius 1 is 1.27 bits per heavy atom. The van der Waals surface area contributed by atoms with Crippen molar-refractivity contribution in [2.45, 2.75) is 25.1 Å². The lowest BCUT2D eigenvalue weighted by molar-refractivity contribution is -0.175. The molecule has 0 heterocycles. The number of ether oxygens (including phenoxy) is 1. The Morgan fingerprint density at radius 2 is 1.82 bits per heavy atom. The minimum absolute atomic E-state index is 0. The van der Waals surface area contributed by atoms with Crippen molar-refractivity contribution in [3.63, 3.8) is 0 Å². The molecule has 0 aromatic heterocycles. The molecule has 1 rings (SSSR count). The Labute approximate surface area is 127 Å². The zero-order valence-corrected chi connectivity index (χ0v) is 11.9. The van der Waals surface area contributed by atoms with Gasteiger partial charge in [-0.3, -0.25) is 0 Å². The average Bonchev–Trinajstić information content (AvgIpc) is 2.37. The molecule has 0 amide bonds. The molecule has 0 aliphatic rings. The number of hydrogen-bond acceptors (Lipinski definition) is 3. The van der Waals surface area contributed by atoms with Crippen LogP contribution < -0.4 is 5.73 Å². The number of carbonyl (C=O) groups is 1. The van der Waals surface area contributed by atoms with Crippen molar-refractivity contribution in [3.05, 3.63) is 35.1 Å². The van der Waals surface area contributed by atoms with Gasteiger partial charge in [-0.05, 0) is 13.0 Å². The lowest BCUT2D eigenvalue weighted by Crippen LogP contribution is -2.42. The second-order valence-electron chi connectivity index (χ2n) is 4.03. The van der Waals surface area contributed by atoms with Crippen LogP contribution >= 0.6 is 12.4 Å². The summed E-state index contributed by atoms with van der Waals surface area (Å²) in [6.45, 7) is 0.872. The molecule has 0 saturated heterocycles. The van der Waals surface area contributed by atoms with Crippen molar-refractivity contribution >= 4 is 18.4 Å². The third kappa shape index (κ3) is 4.04. The molecule has 22 heavy (non-hydrogen) atoms. The monoisotopic (exact) mass is 351 g/mol. The van der Waals surface area contributed by atoms with Crippen LogP contribution in [0.5, 0.6) is 0 Å². The van der Waals surface area contributed by atoms with E-state index in [1.54, 1.807) is 0 Å². The largest absolute Gasteiger partial charge is 0.462 e. The van der Waals surface area contributed by atoms with E-state index in [0.29, 0.717) is 12.1 Å². The van der Waals surface area contributed by atoms with Gasteiger partial charge in [-0.25, -0.2) is 9.18 Å². The number of alkyl halides is 5. The molecule has 0 saturated carbocycles. The molecule has 0 radical (unpaired) electrons. The van der Waals surface area contributed by atoms with E-state index in [0.717, 1.165) is 6.07 Å². The van der Waals surface area contributed by atoms with Crippen LogP contribution in [0.3, 0.4) is 0 Å². The quantitative estimate of drug-likeness (QED) is 0.667. The number of benzene rings is 1. The van der Waals surface area contributed by atoms with Crippen molar-refractivity contribution in [3.8, 4) is 0 Å². The second-order valence-corrected chi connectivity index (χ2v) is 4.03. The van der Waals surface area contributed by atoms with E-state index in [4.69, 9.17) is 5.73 Å². The van der Waals surface area contributed by atoms with Gasteiger partial charge in [0.25, 0.3) is 0 Å². The van der Waals surface area contributed by atoms with E-state index in [1.165, 1.54) is 6.92 Å². The van der Waals surface area contributed by atoms with Gasteiger partial charge in [0.1, 0.15) is 11.9 Å². The van der Waals surface area contributed by atoms with Gasteiger partial charge in [-0.15, -0.1) is 12.4 Å². The van der Waals surface area contributed by atoms with Gasteiger partial charge in [-0.1, -0.05) is 12.1 Å². The molecule has 0 aliphatic carbocycles. The van der Waals surface area contributed by atoms with Crippen LogP contribution in [0, 0.1) is 5.82 Å². The first-order valence-corrected chi connectivity index (χ1v) is 5.69. The maximum absolute atomic E-state index is 13.7. The topological polar surface area (TPSA) is 52.3 Å². The summed E-state index contributed by atoms with van der Waals surface area (Å²) in [6, 6.07) is -0.836. The Kier molecular flexibility index (Phi) is 6.70. The molecule has 1 atom stereocenters. The maximum atomic E-state index is 13.7. The standard InChI is InChI=1S/C12H11F6NO2.ClH/c1-2-21-10(20)11(14,15)9(19)6-4-3-5-7(8(6)13)12(16,17)18;/h3-5,9H,2,19H2,1H3;1H/t9-;/m1./s1. The highest BCUT2D eigenvalue weighted by Gasteiger charge is 2.49. The lowest BCUT2D eigenvalue weighted by atomic mass is 9.98. The van der Waals surface area contributed by atoms with E-state index in [9.17, 15) is 31.1 Å². The number of carbonyl (C=O) groups excluding carboxylic acids is 1. The zero-order valence-electron chi connectivity index (χ0n) is 11.1. The first-order valence-electron chi connectivity index (χ1n) is 5.69. The Morgan fingerprint density at radius 3 is 2.27 bits per heavy atom. The minimum atomic E-state index is -5.07. The first kappa shape index (κ1) is 20.5. The van der Waals surface area contributed by atoms with Gasteiger partial charge in [-0.2, -0.15) is 22.0 Å². The van der Waals surface area contributed by atoms with Crippen LogP contribution in [0.15, 0.2) is 18.2 Å². The summed E-state index contributed by atoms with van der Waals surface area (Å²) in [5.41, 5.74) is 2.20. The number of hydrogen-bond donors (Lipinski definition) is 1. The molecule has 3 nitrogen and oxygen atoms in total. The fraction of sp³-hybridized carbons (Fsp3) is 0.417. The predicted octanol–water partition coefficient (Wildman–Crippen LogP) is 3.46. The smallest absolute Gasteiger partial charge is 0.419 e. The highest BCUT2D eigenvalue weighted by molar-refractivity contribution is 5.85. The number of esters is 1. The van der Waals surface area contributed by atoms with E-state index in [1.807, 2.05) is 0 Å². The molecule has 0 aliphatic heterocycles. The van der Waals surface area contributed by atoms with Crippen LogP contribution in [0.4, 0.5) is 26.3 Å². The Bertz CT molecular complexity index is 535. The summed E-state index contributed by atoms with van der Waals surface area (Å²) in [4.78, 5) is 11.1. The van der Waals surface area contributed by atoms with Gasteiger partial charge in [0, 0.05) is 5.56 Å². The summed E-state index contributed by atoms with van der Waals surface area (Å²) in [5, 5.41) is 0. The first-order chi connectivity index (χ1) is 9.53. The molecular formula is C12H12ClF6NO2. The zero-order chi connectivity index (χ0) is 16.4. The van der Waals surface area contributed by atoms with Crippen molar-refractivity contribution in [1.82, 2.24) is 0 Å². The third-order valence-electron chi connectivity index (χ3n) is 2.61. The lowest BCUT2D eigenvalue weighted by Gasteiger charge is -2.23. The second kappa shape index (κ2) is 7.19. The van der Waals surface area contributed by atoms with E-state index in [2.05, 4.69) is 4.74 Å². The van der Waals surface area contributed by atoms with Crippen molar-refractivity contribution in [1.29, 1.82) is 0 Å². The fourth-order valence-corrected chi connectivity index (χ4v) is 1.56. The summed E-state index contributed by atoms with van der Waals surface area (Å²) in [7, 11) is 0. The van der Waals surface area contributed by atoms with Crippen LogP contribution in [0.2, 0.25) is 0 Å². The maximum Gasteiger partial charge on any atom is 0.419 e. The van der Waals surface area contributed by atoms with Gasteiger partial charge in [0.15, 0.2) is 0 Å². The van der Waals surface area contributed by atoms with Gasteiger partial charge in [0.2, 0.25) is 0 Å². The van der Waals surface area contributed by atoms with Gasteiger partial charge in [0.05, 0.1) is 12.2 Å². The molecule has 10 heteroatoms. The van der Waals surface area contributed by atoms with Crippen LogP contribution in [0.25, 0.3) is 0 Å². The van der Waals surface area contributed by atoms with Crippen LogP contribution in [0.1, 0.15) is 24.1 Å². The predicted molar refractivity (Wildman–Crippen MR) is 67.2 cm³/mol. The summed E-state index contributed by atoms with van der Waals surface area (Å²) < 4.78 is 82.6. The molecule has 2 N–H and O–H groups in total. The normalized spacial score (nSPS) is 13.3. The van der Waals surface area contributed by atoms with Crippen molar-refractivity contribution in [2.24, 2.45) is 5.73 Å². The Balaban J connectivity index is 0.00000441. The molecule has 0 unspecified atom stereocenters. The van der Waals surface area contributed by atoms with Gasteiger partial charge >= 0.3 is 18.1 Å². The number of nitrogens with two attached hydrogens (primary N) is 1. The number of halogens is 7. The van der Waals surface area contributed by atoms with Crippen molar-refractivity contribution in [2.75, 3.05) is 6.61 Å². The van der Waals surface area contributed by atoms with E-state index < -0.39 is 41.1 Å². The molecular weight excluding hydrogens is 340 g/mol. The molecule has 0 bridgehead atoms. The van der Waals surface area contributed by atoms with Crippen molar-refractivity contribution < 1.29 is 35.9 Å². The van der Waals surface area contributed by atoms with E-state index in [-0.39, 0.29) is 19.0 Å². The van der Waals surface area contributed by atoms with Crippen LogP contribution in [-0.2, 0) is 15.7 Å². The Hall–Kier alpha value is -1.48. The molecule has 126 valence electrons. The van der Waals surface area contributed by atoms with E-state index >= 15 is 0 Å². The molecule has 1 aromatic carbocycles. The minimum Gasteiger partial charge on any atom is -0.462 e. The molecule has 1 aromatic rings.